The predicted octanol–water partition coefficient (Wildman–Crippen LogP) is 4.51. The zero-order valence-electron chi connectivity index (χ0n) is 18.1. The van der Waals surface area contributed by atoms with Crippen LogP contribution < -0.4 is 10.1 Å². The fourth-order valence-electron chi connectivity index (χ4n) is 3.45. The first-order chi connectivity index (χ1) is 14.9. The van der Waals surface area contributed by atoms with Crippen LogP contribution in [0.2, 0.25) is 0 Å². The Morgan fingerprint density at radius 1 is 1.10 bits per heavy atom. The molecule has 0 radical (unpaired) electrons. The topological polar surface area (TPSA) is 84.8 Å². The van der Waals surface area contributed by atoms with Crippen molar-refractivity contribution in [2.45, 2.75) is 27.3 Å². The summed E-state index contributed by atoms with van der Waals surface area (Å²) in [6, 6.07) is 17.6. The molecule has 0 fully saturated rings. The maximum atomic E-state index is 12.8. The van der Waals surface area contributed by atoms with E-state index in [9.17, 15) is 4.79 Å². The highest BCUT2D eigenvalue weighted by Crippen LogP contribution is 2.24. The van der Waals surface area contributed by atoms with Crippen LogP contribution in [0.25, 0.3) is 11.3 Å². The smallest absolute Gasteiger partial charge is 0.273 e. The van der Waals surface area contributed by atoms with Gasteiger partial charge in [-0.15, -0.1) is 0 Å². The summed E-state index contributed by atoms with van der Waals surface area (Å²) in [5, 5.41) is 14.7. The molecule has 0 unspecified atom stereocenters. The fraction of sp³-hybridized carbons (Fsp3) is 0.208. The lowest BCUT2D eigenvalue weighted by Gasteiger charge is -2.07. The van der Waals surface area contributed by atoms with Crippen molar-refractivity contribution >= 4 is 11.6 Å². The number of amides is 1. The monoisotopic (exact) mass is 415 g/mol. The van der Waals surface area contributed by atoms with Crippen LogP contribution in [0.1, 0.15) is 33.0 Å². The molecular weight excluding hydrogens is 390 g/mol. The van der Waals surface area contributed by atoms with E-state index in [0.717, 1.165) is 34.0 Å². The fourth-order valence-corrected chi connectivity index (χ4v) is 3.45. The third kappa shape index (κ3) is 4.35. The highest BCUT2D eigenvalue weighted by Gasteiger charge is 2.17. The van der Waals surface area contributed by atoms with E-state index >= 15 is 0 Å². The molecule has 4 rings (SSSR count). The van der Waals surface area contributed by atoms with Crippen molar-refractivity contribution in [1.82, 2.24) is 20.0 Å². The number of nitrogens with one attached hydrogen (secondary N) is 2. The SMILES string of the molecule is COc1cccc(-c2cc(C(=O)Nc3c(C)nn(Cc4ccc(C)cc4)c3C)[nH]n2)c1. The van der Waals surface area contributed by atoms with Gasteiger partial charge in [0, 0.05) is 5.56 Å². The Morgan fingerprint density at radius 3 is 2.61 bits per heavy atom. The number of carbonyl (C=O) groups excluding carboxylic acids is 1. The van der Waals surface area contributed by atoms with Gasteiger partial charge in [-0.2, -0.15) is 10.2 Å². The first-order valence-corrected chi connectivity index (χ1v) is 10.1. The van der Waals surface area contributed by atoms with Crippen molar-refractivity contribution in [2.75, 3.05) is 12.4 Å². The minimum Gasteiger partial charge on any atom is -0.497 e. The minimum atomic E-state index is -0.261. The quantitative estimate of drug-likeness (QED) is 0.485. The Bertz CT molecular complexity index is 1220. The Balaban J connectivity index is 1.52. The van der Waals surface area contributed by atoms with E-state index in [4.69, 9.17) is 4.74 Å². The highest BCUT2D eigenvalue weighted by molar-refractivity contribution is 6.04. The Morgan fingerprint density at radius 2 is 1.87 bits per heavy atom. The lowest BCUT2D eigenvalue weighted by Crippen LogP contribution is -2.14. The molecular formula is C24H25N5O2. The van der Waals surface area contributed by atoms with Gasteiger partial charge in [0.25, 0.3) is 5.91 Å². The number of methoxy groups -OCH3 is 1. The molecule has 1 amide bonds. The van der Waals surface area contributed by atoms with Crippen molar-refractivity contribution in [3.8, 4) is 17.0 Å². The van der Waals surface area contributed by atoms with Crippen LogP contribution in [0.3, 0.4) is 0 Å². The molecule has 0 atom stereocenters. The van der Waals surface area contributed by atoms with Crippen LogP contribution in [-0.4, -0.2) is 33.0 Å². The van der Waals surface area contributed by atoms with Crippen molar-refractivity contribution in [1.29, 1.82) is 0 Å². The van der Waals surface area contributed by atoms with E-state index in [0.29, 0.717) is 17.9 Å². The first kappa shape index (κ1) is 20.4. The number of rotatable bonds is 6. The summed E-state index contributed by atoms with van der Waals surface area (Å²) >= 11 is 0. The Kier molecular flexibility index (Phi) is 5.58. The van der Waals surface area contributed by atoms with Gasteiger partial charge in [-0.05, 0) is 44.5 Å². The molecule has 0 aliphatic rings. The maximum absolute atomic E-state index is 12.8. The summed E-state index contributed by atoms with van der Waals surface area (Å²) in [5.74, 6) is 0.474. The molecule has 0 aliphatic carbocycles. The molecule has 0 saturated heterocycles. The van der Waals surface area contributed by atoms with E-state index in [1.807, 2.05) is 42.8 Å². The van der Waals surface area contributed by atoms with Gasteiger partial charge in [0.15, 0.2) is 0 Å². The van der Waals surface area contributed by atoms with Gasteiger partial charge in [-0.25, -0.2) is 0 Å². The van der Waals surface area contributed by atoms with E-state index < -0.39 is 0 Å². The van der Waals surface area contributed by atoms with Gasteiger partial charge >= 0.3 is 0 Å². The van der Waals surface area contributed by atoms with Crippen LogP contribution in [0, 0.1) is 20.8 Å². The van der Waals surface area contributed by atoms with Gasteiger partial charge < -0.3 is 10.1 Å². The summed E-state index contributed by atoms with van der Waals surface area (Å²) in [6.07, 6.45) is 0. The van der Waals surface area contributed by atoms with Crippen molar-refractivity contribution in [3.63, 3.8) is 0 Å². The van der Waals surface area contributed by atoms with Crippen LogP contribution in [0.15, 0.2) is 54.6 Å². The molecule has 31 heavy (non-hydrogen) atoms. The van der Waals surface area contributed by atoms with Gasteiger partial charge in [0.1, 0.15) is 11.4 Å². The number of hydrogen-bond donors (Lipinski definition) is 2. The molecule has 2 heterocycles. The average Bonchev–Trinajstić information content (AvgIpc) is 3.37. The molecule has 2 aromatic heterocycles. The lowest BCUT2D eigenvalue weighted by atomic mass is 10.1. The molecule has 4 aromatic rings. The summed E-state index contributed by atoms with van der Waals surface area (Å²) < 4.78 is 7.17. The molecule has 0 bridgehead atoms. The number of anilines is 1. The van der Waals surface area contributed by atoms with Crippen molar-refractivity contribution < 1.29 is 9.53 Å². The maximum Gasteiger partial charge on any atom is 0.273 e. The molecule has 7 nitrogen and oxygen atoms in total. The second kappa shape index (κ2) is 8.47. The molecule has 0 spiro atoms. The van der Waals surface area contributed by atoms with E-state index in [-0.39, 0.29) is 5.91 Å². The molecule has 2 aromatic carbocycles. The van der Waals surface area contributed by atoms with E-state index in [1.54, 1.807) is 13.2 Å². The van der Waals surface area contributed by atoms with Crippen LogP contribution in [0.4, 0.5) is 5.69 Å². The number of H-pyrrole nitrogens is 1. The van der Waals surface area contributed by atoms with Crippen LogP contribution in [0.5, 0.6) is 5.75 Å². The summed E-state index contributed by atoms with van der Waals surface area (Å²) in [7, 11) is 1.62. The highest BCUT2D eigenvalue weighted by atomic mass is 16.5. The second-order valence-electron chi connectivity index (χ2n) is 7.54. The van der Waals surface area contributed by atoms with Gasteiger partial charge in [-0.1, -0.05) is 42.0 Å². The standard InChI is InChI=1S/C24H25N5O2/c1-15-8-10-18(11-9-15)14-29-17(3)23(16(2)28-29)25-24(30)22-13-21(26-27-22)19-6-5-7-20(12-19)31-4/h5-13H,14H2,1-4H3,(H,25,30)(H,26,27). The zero-order chi connectivity index (χ0) is 22.0. The number of benzene rings is 2. The zero-order valence-corrected chi connectivity index (χ0v) is 18.1. The largest absolute Gasteiger partial charge is 0.497 e. The van der Waals surface area contributed by atoms with E-state index in [1.165, 1.54) is 5.56 Å². The molecule has 2 N–H and O–H groups in total. The third-order valence-electron chi connectivity index (χ3n) is 5.26. The van der Waals surface area contributed by atoms with Gasteiger partial charge in [0.2, 0.25) is 0 Å². The Labute approximate surface area is 181 Å². The van der Waals surface area contributed by atoms with Gasteiger partial charge in [-0.3, -0.25) is 14.6 Å². The summed E-state index contributed by atoms with van der Waals surface area (Å²) in [5.41, 5.74) is 6.69. The molecule has 0 aliphatic heterocycles. The summed E-state index contributed by atoms with van der Waals surface area (Å²) in [4.78, 5) is 12.8. The third-order valence-corrected chi connectivity index (χ3v) is 5.26. The number of nitrogens with zero attached hydrogens (tertiary/aromatic N) is 3. The average molecular weight is 415 g/mol. The minimum absolute atomic E-state index is 0.261. The lowest BCUT2D eigenvalue weighted by molar-refractivity contribution is 0.102. The molecule has 158 valence electrons. The number of ether oxygens (including phenoxy) is 1. The molecule has 0 saturated carbocycles. The van der Waals surface area contributed by atoms with E-state index in [2.05, 4.69) is 51.8 Å². The Hall–Kier alpha value is -3.87. The number of hydrogen-bond acceptors (Lipinski definition) is 4. The summed E-state index contributed by atoms with van der Waals surface area (Å²) in [6.45, 7) is 6.56. The predicted molar refractivity (Wildman–Crippen MR) is 121 cm³/mol. The first-order valence-electron chi connectivity index (χ1n) is 10.1. The van der Waals surface area contributed by atoms with Gasteiger partial charge in [0.05, 0.1) is 36.4 Å². The van der Waals surface area contributed by atoms with Crippen molar-refractivity contribution in [3.05, 3.63) is 82.8 Å². The number of aryl methyl sites for hydroxylation is 2. The molecule has 7 heteroatoms. The second-order valence-corrected chi connectivity index (χ2v) is 7.54. The normalized spacial score (nSPS) is 10.8. The van der Waals surface area contributed by atoms with Crippen LogP contribution in [-0.2, 0) is 6.54 Å². The number of aromatic amines is 1. The van der Waals surface area contributed by atoms with Crippen molar-refractivity contribution in [2.24, 2.45) is 0 Å². The van der Waals surface area contributed by atoms with Crippen LogP contribution >= 0.6 is 0 Å². The number of carbonyl (C=O) groups is 1. The number of aromatic nitrogens is 4.